The largest absolute Gasteiger partial charge is 1.00 e. The number of rotatable bonds is 4. The third kappa shape index (κ3) is 11.2. The van der Waals surface area contributed by atoms with Crippen LogP contribution in [-0.4, -0.2) is 35.5 Å². The Bertz CT molecular complexity index is 199. The predicted octanol–water partition coefficient (Wildman–Crippen LogP) is -8.41. The normalized spacial score (nSPS) is 10.1. The maximum atomic E-state index is 10.3. The zero-order valence-electron chi connectivity index (χ0n) is 9.99. The molecule has 0 saturated carbocycles. The van der Waals surface area contributed by atoms with Crippen molar-refractivity contribution in [2.24, 2.45) is 0 Å². The van der Waals surface area contributed by atoms with Crippen LogP contribution in [-0.2, 0) is 9.59 Å². The fraction of sp³-hybridized carbons (Fsp3) is 0.750. The van der Waals surface area contributed by atoms with E-state index in [1.165, 1.54) is 4.90 Å². The maximum Gasteiger partial charge on any atom is 1.00 e. The van der Waals surface area contributed by atoms with Crippen molar-refractivity contribution in [3.63, 3.8) is 0 Å². The zero-order chi connectivity index (χ0) is 10.6. The van der Waals surface area contributed by atoms with Crippen LogP contribution in [0.25, 0.3) is 0 Å². The molecular weight excluding hydrogens is 220 g/mol. The minimum Gasteiger partial charge on any atom is -0.549 e. The first kappa shape index (κ1) is 21.2. The number of hydrogen-bond donors (Lipinski definition) is 0. The molecule has 0 amide bonds. The van der Waals surface area contributed by atoms with Gasteiger partial charge in [-0.2, -0.15) is 0 Å². The van der Waals surface area contributed by atoms with Gasteiger partial charge in [-0.3, -0.25) is 4.90 Å². The van der Waals surface area contributed by atoms with Gasteiger partial charge in [-0.15, -0.1) is 0 Å². The van der Waals surface area contributed by atoms with Crippen LogP contribution in [0.15, 0.2) is 0 Å². The van der Waals surface area contributed by atoms with Crippen LogP contribution in [0.5, 0.6) is 0 Å². The molecule has 0 rings (SSSR count). The molecule has 0 unspecified atom stereocenters. The Balaban J connectivity index is -0.000000720. The zero-order valence-corrected chi connectivity index (χ0v) is 14.0. The number of nitrogens with zero attached hydrogens (tertiary/aromatic N) is 1. The van der Waals surface area contributed by atoms with Crippen LogP contribution in [0.3, 0.4) is 0 Å². The fourth-order valence-electron chi connectivity index (χ4n) is 0.842. The molecule has 0 aromatic rings. The minimum atomic E-state index is -1.30. The van der Waals surface area contributed by atoms with Crippen LogP contribution < -0.4 is 69.3 Å². The molecule has 0 spiro atoms. The van der Waals surface area contributed by atoms with Gasteiger partial charge in [0.05, 0.1) is 11.9 Å². The second kappa shape index (κ2) is 8.98. The molecular formula is C8H13NNa2O4. The number of carboxylic acid groups (broad SMARTS) is 2. The third-order valence-electron chi connectivity index (χ3n) is 1.59. The summed E-state index contributed by atoms with van der Waals surface area (Å²) < 4.78 is 0. The summed E-state index contributed by atoms with van der Waals surface area (Å²) >= 11 is 0. The van der Waals surface area contributed by atoms with E-state index in [1.54, 1.807) is 20.8 Å². The Morgan fingerprint density at radius 1 is 1.00 bits per heavy atom. The average molecular weight is 233 g/mol. The Hall–Kier alpha value is 0.900. The van der Waals surface area contributed by atoms with Crippen molar-refractivity contribution in [2.45, 2.75) is 26.3 Å². The van der Waals surface area contributed by atoms with Crippen molar-refractivity contribution in [2.75, 3.05) is 13.1 Å². The molecule has 0 heterocycles. The summed E-state index contributed by atoms with van der Waals surface area (Å²) in [5, 5.41) is 20.5. The van der Waals surface area contributed by atoms with E-state index in [0.717, 1.165) is 0 Å². The molecule has 0 N–H and O–H groups in total. The standard InChI is InChI=1S/C8H15NO4.2Na/c1-8(2,3)9(4-6(10)11)5-7(12)13;;/h4-5H2,1-3H3,(H,10,11)(H,12,13);;/q;2*+1/p-2. The summed E-state index contributed by atoms with van der Waals surface area (Å²) in [5.41, 5.74) is -0.528. The average Bonchev–Trinajstić information content (AvgIpc) is 1.81. The first-order chi connectivity index (χ1) is 5.73. The van der Waals surface area contributed by atoms with Crippen LogP contribution in [0.2, 0.25) is 0 Å². The SMILES string of the molecule is CC(C)(C)N(CC(=O)[O-])CC(=O)[O-].[Na+].[Na+]. The summed E-state index contributed by atoms with van der Waals surface area (Å²) in [7, 11) is 0. The quantitative estimate of drug-likeness (QED) is 0.450. The Morgan fingerprint density at radius 3 is 1.40 bits per heavy atom. The van der Waals surface area contributed by atoms with Crippen molar-refractivity contribution < 1.29 is 78.9 Å². The van der Waals surface area contributed by atoms with Crippen molar-refractivity contribution in [1.29, 1.82) is 0 Å². The molecule has 0 bridgehead atoms. The Morgan fingerprint density at radius 2 is 1.27 bits per heavy atom. The molecule has 0 radical (unpaired) electrons. The molecule has 5 nitrogen and oxygen atoms in total. The molecule has 0 aliphatic heterocycles. The van der Waals surface area contributed by atoms with Gasteiger partial charge >= 0.3 is 59.1 Å². The fourth-order valence-corrected chi connectivity index (χ4v) is 0.842. The van der Waals surface area contributed by atoms with Gasteiger partial charge in [-0.05, 0) is 20.8 Å². The monoisotopic (exact) mass is 233 g/mol. The summed E-state index contributed by atoms with van der Waals surface area (Å²) in [6.45, 7) is 4.35. The first-order valence-electron chi connectivity index (χ1n) is 3.88. The molecule has 15 heavy (non-hydrogen) atoms. The molecule has 0 aromatic heterocycles. The van der Waals surface area contributed by atoms with Crippen molar-refractivity contribution in [3.05, 3.63) is 0 Å². The summed E-state index contributed by atoms with van der Waals surface area (Å²) in [6, 6.07) is 0. The molecule has 0 saturated heterocycles. The van der Waals surface area contributed by atoms with E-state index in [4.69, 9.17) is 0 Å². The van der Waals surface area contributed by atoms with Gasteiger partial charge in [-0.1, -0.05) is 0 Å². The molecule has 0 aromatic carbocycles. The molecule has 7 heteroatoms. The van der Waals surface area contributed by atoms with E-state index in [0.29, 0.717) is 0 Å². The van der Waals surface area contributed by atoms with E-state index >= 15 is 0 Å². The van der Waals surface area contributed by atoms with E-state index < -0.39 is 30.6 Å². The number of aliphatic carboxylic acids is 2. The van der Waals surface area contributed by atoms with Crippen LogP contribution >= 0.6 is 0 Å². The Kier molecular flexibility index (Phi) is 12.7. The van der Waals surface area contributed by atoms with Gasteiger partial charge in [-0.25, -0.2) is 0 Å². The molecule has 76 valence electrons. The van der Waals surface area contributed by atoms with E-state index in [9.17, 15) is 19.8 Å². The number of carbonyl (C=O) groups excluding carboxylic acids is 2. The number of carbonyl (C=O) groups is 2. The van der Waals surface area contributed by atoms with Gasteiger partial charge in [0.2, 0.25) is 0 Å². The van der Waals surface area contributed by atoms with Crippen molar-refractivity contribution in [1.82, 2.24) is 4.90 Å². The van der Waals surface area contributed by atoms with E-state index in [1.807, 2.05) is 0 Å². The number of carboxylic acids is 2. The summed E-state index contributed by atoms with van der Waals surface area (Å²) in [6.07, 6.45) is 0. The summed E-state index contributed by atoms with van der Waals surface area (Å²) in [5.74, 6) is -2.59. The van der Waals surface area contributed by atoms with Crippen LogP contribution in [0, 0.1) is 0 Å². The molecule has 0 aliphatic carbocycles. The maximum absolute atomic E-state index is 10.3. The second-order valence-corrected chi connectivity index (χ2v) is 3.77. The van der Waals surface area contributed by atoms with Crippen molar-refractivity contribution >= 4 is 11.9 Å². The topological polar surface area (TPSA) is 83.5 Å². The third-order valence-corrected chi connectivity index (χ3v) is 1.59. The molecule has 0 atom stereocenters. The molecule has 0 aliphatic rings. The summed E-state index contributed by atoms with van der Waals surface area (Å²) in [4.78, 5) is 21.8. The predicted molar refractivity (Wildman–Crippen MR) is 41.3 cm³/mol. The second-order valence-electron chi connectivity index (χ2n) is 3.77. The van der Waals surface area contributed by atoms with Gasteiger partial charge < -0.3 is 19.8 Å². The van der Waals surface area contributed by atoms with E-state index in [-0.39, 0.29) is 59.1 Å². The number of hydrogen-bond acceptors (Lipinski definition) is 5. The first-order valence-corrected chi connectivity index (χ1v) is 3.88. The minimum absolute atomic E-state index is 0. The molecule has 0 fully saturated rings. The van der Waals surface area contributed by atoms with E-state index in [2.05, 4.69) is 0 Å². The van der Waals surface area contributed by atoms with Crippen LogP contribution in [0.4, 0.5) is 0 Å². The van der Waals surface area contributed by atoms with Gasteiger partial charge in [0.1, 0.15) is 0 Å². The van der Waals surface area contributed by atoms with Gasteiger partial charge in [0, 0.05) is 18.6 Å². The van der Waals surface area contributed by atoms with Gasteiger partial charge in [0.25, 0.3) is 0 Å². The smallest absolute Gasteiger partial charge is 0.549 e. The van der Waals surface area contributed by atoms with Crippen LogP contribution in [0.1, 0.15) is 20.8 Å². The Labute approximate surface area is 134 Å². The van der Waals surface area contributed by atoms with Crippen molar-refractivity contribution in [3.8, 4) is 0 Å². The van der Waals surface area contributed by atoms with Gasteiger partial charge in [0.15, 0.2) is 0 Å².